The Bertz CT molecular complexity index is 720. The van der Waals surface area contributed by atoms with Crippen molar-refractivity contribution in [2.24, 2.45) is 10.7 Å². The summed E-state index contributed by atoms with van der Waals surface area (Å²) in [7, 11) is 3.19. The number of aromatic nitrogens is 1. The summed E-state index contributed by atoms with van der Waals surface area (Å²) in [6.07, 6.45) is 0. The van der Waals surface area contributed by atoms with E-state index in [9.17, 15) is 0 Å². The summed E-state index contributed by atoms with van der Waals surface area (Å²) in [5, 5.41) is 6.06. The summed E-state index contributed by atoms with van der Waals surface area (Å²) in [5.74, 6) is 1.62. The van der Waals surface area contributed by atoms with E-state index >= 15 is 0 Å². The average Bonchev–Trinajstić information content (AvgIpc) is 3.02. The van der Waals surface area contributed by atoms with E-state index in [1.807, 2.05) is 18.2 Å². The number of hydrogen-bond donors (Lipinski definition) is 2. The predicted octanol–water partition coefficient (Wildman–Crippen LogP) is 3.38. The van der Waals surface area contributed by atoms with Crippen molar-refractivity contribution in [3.63, 3.8) is 0 Å². The van der Waals surface area contributed by atoms with E-state index in [1.54, 1.807) is 25.6 Å². The number of hydrogen-bond acceptors (Lipinski definition) is 5. The molecule has 1 aromatic heterocycles. The van der Waals surface area contributed by atoms with Gasteiger partial charge in [-0.25, -0.2) is 9.98 Å². The molecular weight excluding hydrogens is 324 g/mol. The van der Waals surface area contributed by atoms with Gasteiger partial charge in [0.2, 0.25) is 0 Å². The van der Waals surface area contributed by atoms with Crippen molar-refractivity contribution in [1.29, 1.82) is 0 Å². The quantitative estimate of drug-likeness (QED) is 0.639. The minimum Gasteiger partial charge on any atom is -0.493 e. The first kappa shape index (κ1) is 18.1. The molecule has 0 aliphatic heterocycles. The minimum absolute atomic E-state index is 0.0436. The second-order valence-electron chi connectivity index (χ2n) is 6.27. The molecule has 1 heterocycles. The van der Waals surface area contributed by atoms with Gasteiger partial charge < -0.3 is 20.5 Å². The van der Waals surface area contributed by atoms with Gasteiger partial charge in [0.25, 0.3) is 0 Å². The molecule has 2 rings (SSSR count). The number of nitrogens with one attached hydrogen (secondary N) is 1. The van der Waals surface area contributed by atoms with Gasteiger partial charge in [-0.3, -0.25) is 0 Å². The van der Waals surface area contributed by atoms with Crippen LogP contribution in [0.15, 0.2) is 28.6 Å². The molecule has 0 bridgehead atoms. The van der Waals surface area contributed by atoms with Crippen LogP contribution in [0.25, 0.3) is 0 Å². The van der Waals surface area contributed by atoms with Gasteiger partial charge in [-0.1, -0.05) is 20.8 Å². The Kier molecular flexibility index (Phi) is 5.66. The largest absolute Gasteiger partial charge is 0.493 e. The average molecular weight is 348 g/mol. The molecule has 0 spiro atoms. The molecule has 0 aliphatic carbocycles. The molecule has 3 N–H and O–H groups in total. The van der Waals surface area contributed by atoms with Gasteiger partial charge in [-0.2, -0.15) is 0 Å². The Morgan fingerprint density at radius 1 is 1.25 bits per heavy atom. The van der Waals surface area contributed by atoms with Crippen LogP contribution < -0.4 is 20.5 Å². The molecule has 130 valence electrons. The fraction of sp³-hybridized carbons (Fsp3) is 0.412. The highest BCUT2D eigenvalue weighted by molar-refractivity contribution is 7.09. The Labute approximate surface area is 146 Å². The van der Waals surface area contributed by atoms with Crippen LogP contribution in [0.1, 0.15) is 31.5 Å². The smallest absolute Gasteiger partial charge is 0.193 e. The number of aliphatic imine (C=N–C) groups is 1. The molecule has 0 amide bonds. The molecule has 0 saturated carbocycles. The van der Waals surface area contributed by atoms with Gasteiger partial charge >= 0.3 is 0 Å². The molecule has 6 nitrogen and oxygen atoms in total. The third-order valence-corrected chi connectivity index (χ3v) is 4.19. The lowest BCUT2D eigenvalue weighted by molar-refractivity contribution is 0.355. The highest BCUT2D eigenvalue weighted by Crippen LogP contribution is 2.29. The van der Waals surface area contributed by atoms with Crippen molar-refractivity contribution < 1.29 is 9.47 Å². The molecule has 0 unspecified atom stereocenters. The molecular formula is C17H24N4O2S. The van der Waals surface area contributed by atoms with Crippen LogP contribution in [0, 0.1) is 0 Å². The Morgan fingerprint density at radius 2 is 1.96 bits per heavy atom. The van der Waals surface area contributed by atoms with E-state index in [0.717, 1.165) is 16.4 Å². The summed E-state index contributed by atoms with van der Waals surface area (Å²) in [6.45, 7) is 6.87. The van der Waals surface area contributed by atoms with Gasteiger partial charge in [-0.15, -0.1) is 11.3 Å². The first-order chi connectivity index (χ1) is 11.3. The second kappa shape index (κ2) is 7.53. The summed E-state index contributed by atoms with van der Waals surface area (Å²) in [6, 6.07) is 5.47. The fourth-order valence-corrected chi connectivity index (χ4v) is 2.93. The zero-order valence-electron chi connectivity index (χ0n) is 14.7. The third kappa shape index (κ3) is 4.61. The maximum absolute atomic E-state index is 5.95. The summed E-state index contributed by atoms with van der Waals surface area (Å²) >= 11 is 1.60. The molecule has 2 aromatic rings. The Balaban J connectivity index is 2.03. The summed E-state index contributed by atoms with van der Waals surface area (Å²) < 4.78 is 10.5. The topological polar surface area (TPSA) is 81.8 Å². The zero-order valence-corrected chi connectivity index (χ0v) is 15.5. The fourth-order valence-electron chi connectivity index (χ4n) is 1.98. The van der Waals surface area contributed by atoms with Crippen LogP contribution in [-0.4, -0.2) is 25.2 Å². The van der Waals surface area contributed by atoms with Crippen molar-refractivity contribution >= 4 is 23.0 Å². The molecule has 0 radical (unpaired) electrons. The lowest BCUT2D eigenvalue weighted by Crippen LogP contribution is -2.22. The van der Waals surface area contributed by atoms with E-state index in [-0.39, 0.29) is 5.41 Å². The molecule has 0 saturated heterocycles. The minimum atomic E-state index is 0.0436. The van der Waals surface area contributed by atoms with Crippen molar-refractivity contribution in [3.05, 3.63) is 34.3 Å². The number of nitrogens with two attached hydrogens (primary N) is 1. The summed E-state index contributed by atoms with van der Waals surface area (Å²) in [4.78, 5) is 8.94. The highest BCUT2D eigenvalue weighted by atomic mass is 32.1. The van der Waals surface area contributed by atoms with Crippen LogP contribution in [-0.2, 0) is 12.0 Å². The molecule has 7 heteroatoms. The number of rotatable bonds is 5. The van der Waals surface area contributed by atoms with E-state index in [0.29, 0.717) is 24.0 Å². The zero-order chi connectivity index (χ0) is 17.7. The first-order valence-electron chi connectivity index (χ1n) is 7.57. The number of methoxy groups -OCH3 is 2. The number of anilines is 1. The molecule has 1 aromatic carbocycles. The standard InChI is InChI=1S/C17H24N4O2S/c1-17(2,3)14-10-24-15(21-14)9-19-16(18)20-11-6-7-12(22-4)13(8-11)23-5/h6-8,10H,9H2,1-5H3,(H3,18,19,20). The predicted molar refractivity (Wildman–Crippen MR) is 99.3 cm³/mol. The van der Waals surface area contributed by atoms with Crippen LogP contribution >= 0.6 is 11.3 Å². The normalized spacial score (nSPS) is 12.1. The van der Waals surface area contributed by atoms with Crippen molar-refractivity contribution in [2.75, 3.05) is 19.5 Å². The van der Waals surface area contributed by atoms with Gasteiger partial charge in [0.05, 0.1) is 26.5 Å². The van der Waals surface area contributed by atoms with Gasteiger partial charge in [0.15, 0.2) is 17.5 Å². The van der Waals surface area contributed by atoms with Gasteiger partial charge in [0, 0.05) is 22.5 Å². The van der Waals surface area contributed by atoms with Crippen molar-refractivity contribution in [1.82, 2.24) is 4.98 Å². The van der Waals surface area contributed by atoms with Crippen LogP contribution in [0.4, 0.5) is 5.69 Å². The van der Waals surface area contributed by atoms with Gasteiger partial charge in [-0.05, 0) is 12.1 Å². The monoisotopic (exact) mass is 348 g/mol. The number of benzene rings is 1. The number of ether oxygens (including phenoxy) is 2. The Morgan fingerprint density at radius 3 is 2.54 bits per heavy atom. The lowest BCUT2D eigenvalue weighted by Gasteiger charge is -2.14. The van der Waals surface area contributed by atoms with E-state index < -0.39 is 0 Å². The second-order valence-corrected chi connectivity index (χ2v) is 7.22. The van der Waals surface area contributed by atoms with Crippen LogP contribution in [0.3, 0.4) is 0 Å². The SMILES string of the molecule is COc1ccc(NC(N)=NCc2nc(C(C)(C)C)cs2)cc1OC. The van der Waals surface area contributed by atoms with Crippen LogP contribution in [0.2, 0.25) is 0 Å². The van der Waals surface area contributed by atoms with Crippen molar-refractivity contribution in [3.8, 4) is 11.5 Å². The van der Waals surface area contributed by atoms with Crippen LogP contribution in [0.5, 0.6) is 11.5 Å². The maximum atomic E-state index is 5.95. The first-order valence-corrected chi connectivity index (χ1v) is 8.45. The van der Waals surface area contributed by atoms with E-state index in [1.165, 1.54) is 0 Å². The number of thiazole rings is 1. The van der Waals surface area contributed by atoms with E-state index in [2.05, 4.69) is 41.4 Å². The molecule has 0 fully saturated rings. The molecule has 0 aliphatic rings. The van der Waals surface area contributed by atoms with Gasteiger partial charge in [0.1, 0.15) is 5.01 Å². The lowest BCUT2D eigenvalue weighted by atomic mass is 9.93. The number of guanidine groups is 1. The Hall–Kier alpha value is -2.28. The third-order valence-electron chi connectivity index (χ3n) is 3.36. The highest BCUT2D eigenvalue weighted by Gasteiger charge is 2.17. The number of nitrogens with zero attached hydrogens (tertiary/aromatic N) is 2. The summed E-state index contributed by atoms with van der Waals surface area (Å²) in [5.41, 5.74) is 7.85. The molecule has 24 heavy (non-hydrogen) atoms. The van der Waals surface area contributed by atoms with E-state index in [4.69, 9.17) is 15.2 Å². The maximum Gasteiger partial charge on any atom is 0.193 e. The molecule has 0 atom stereocenters. The van der Waals surface area contributed by atoms with Crippen molar-refractivity contribution in [2.45, 2.75) is 32.7 Å².